The summed E-state index contributed by atoms with van der Waals surface area (Å²) in [5, 5.41) is 0. The topological polar surface area (TPSA) is 81.3 Å². The van der Waals surface area contributed by atoms with Crippen LogP contribution in [0.4, 0.5) is 0 Å². The van der Waals surface area contributed by atoms with E-state index in [0.717, 1.165) is 37.4 Å². The first-order chi connectivity index (χ1) is 11.7. The van der Waals surface area contributed by atoms with Crippen LogP contribution in [0.1, 0.15) is 24.2 Å². The summed E-state index contributed by atoms with van der Waals surface area (Å²) in [6.07, 6.45) is 4.98. The molecule has 0 saturated carbocycles. The molecule has 0 aliphatic heterocycles. The number of ether oxygens (including phenoxy) is 1. The van der Waals surface area contributed by atoms with Crippen molar-refractivity contribution in [3.8, 4) is 0 Å². The summed E-state index contributed by atoms with van der Waals surface area (Å²) in [6.45, 7) is 2.26. The van der Waals surface area contributed by atoms with Gasteiger partial charge in [0, 0.05) is 25.5 Å². The molecule has 2 aromatic rings. The highest BCUT2D eigenvalue weighted by Crippen LogP contribution is 2.09. The third-order valence-electron chi connectivity index (χ3n) is 3.72. The van der Waals surface area contributed by atoms with E-state index in [0.29, 0.717) is 6.42 Å². The van der Waals surface area contributed by atoms with Gasteiger partial charge in [-0.25, -0.2) is 0 Å². The predicted molar refractivity (Wildman–Crippen MR) is 99.1 cm³/mol. The molecule has 0 aliphatic rings. The molecule has 136 valence electrons. The second-order valence-electron chi connectivity index (χ2n) is 5.62. The van der Waals surface area contributed by atoms with Gasteiger partial charge >= 0.3 is 5.97 Å². The normalized spacial score (nSPS) is 11.6. The summed E-state index contributed by atoms with van der Waals surface area (Å²) < 4.78 is 4.66. The van der Waals surface area contributed by atoms with Gasteiger partial charge in [-0.05, 0) is 43.7 Å². The van der Waals surface area contributed by atoms with Gasteiger partial charge in [-0.2, -0.15) is 0 Å². The van der Waals surface area contributed by atoms with Crippen molar-refractivity contribution in [3.05, 3.63) is 60.2 Å². The van der Waals surface area contributed by atoms with E-state index in [4.69, 9.17) is 5.73 Å². The molecular weight excluding hydrogens is 340 g/mol. The highest BCUT2D eigenvalue weighted by atomic mass is 35.5. The molecular formula is C18H25ClN4O2. The van der Waals surface area contributed by atoms with Gasteiger partial charge in [-0.1, -0.05) is 12.1 Å². The third kappa shape index (κ3) is 7.60. The van der Waals surface area contributed by atoms with Crippen LogP contribution in [-0.4, -0.2) is 40.5 Å². The number of pyridine rings is 2. The Morgan fingerprint density at radius 3 is 2.12 bits per heavy atom. The minimum Gasteiger partial charge on any atom is -0.468 e. The van der Waals surface area contributed by atoms with Crippen molar-refractivity contribution in [1.29, 1.82) is 0 Å². The summed E-state index contributed by atoms with van der Waals surface area (Å²) in [5.41, 5.74) is 7.81. The van der Waals surface area contributed by atoms with E-state index < -0.39 is 6.04 Å². The minimum absolute atomic E-state index is 0. The molecule has 0 amide bonds. The quantitative estimate of drug-likeness (QED) is 0.687. The van der Waals surface area contributed by atoms with Gasteiger partial charge < -0.3 is 10.5 Å². The number of esters is 1. The maximum atomic E-state index is 11.4. The molecule has 0 aromatic carbocycles. The number of hydrogen-bond acceptors (Lipinski definition) is 6. The van der Waals surface area contributed by atoms with E-state index >= 15 is 0 Å². The van der Waals surface area contributed by atoms with E-state index in [1.54, 1.807) is 12.4 Å². The fourth-order valence-electron chi connectivity index (χ4n) is 2.46. The predicted octanol–water partition coefficient (Wildman–Crippen LogP) is 2.18. The molecule has 25 heavy (non-hydrogen) atoms. The van der Waals surface area contributed by atoms with Crippen molar-refractivity contribution >= 4 is 18.4 Å². The van der Waals surface area contributed by atoms with Crippen LogP contribution < -0.4 is 5.73 Å². The van der Waals surface area contributed by atoms with Crippen molar-refractivity contribution in [1.82, 2.24) is 14.9 Å². The number of nitrogens with two attached hydrogens (primary N) is 1. The lowest BCUT2D eigenvalue weighted by Gasteiger charge is -2.22. The van der Waals surface area contributed by atoms with Crippen molar-refractivity contribution in [2.75, 3.05) is 13.7 Å². The molecule has 0 radical (unpaired) electrons. The van der Waals surface area contributed by atoms with Crippen molar-refractivity contribution in [3.63, 3.8) is 0 Å². The Morgan fingerprint density at radius 2 is 1.68 bits per heavy atom. The molecule has 0 spiro atoms. The van der Waals surface area contributed by atoms with Crippen molar-refractivity contribution in [2.45, 2.75) is 32.0 Å². The third-order valence-corrected chi connectivity index (χ3v) is 3.72. The van der Waals surface area contributed by atoms with Gasteiger partial charge in [0.25, 0.3) is 0 Å². The van der Waals surface area contributed by atoms with Crippen LogP contribution in [0.15, 0.2) is 48.8 Å². The Bertz CT molecular complexity index is 571. The number of methoxy groups -OCH3 is 1. The molecule has 1 atom stereocenters. The highest BCUT2D eigenvalue weighted by Gasteiger charge is 2.15. The van der Waals surface area contributed by atoms with Crippen molar-refractivity contribution in [2.24, 2.45) is 5.73 Å². The van der Waals surface area contributed by atoms with Crippen LogP contribution in [0.3, 0.4) is 0 Å². The Hall–Kier alpha value is -2.02. The van der Waals surface area contributed by atoms with Crippen molar-refractivity contribution < 1.29 is 9.53 Å². The number of rotatable bonds is 9. The lowest BCUT2D eigenvalue weighted by atomic mass is 10.1. The molecule has 0 aliphatic carbocycles. The molecule has 0 fully saturated rings. The number of hydrogen-bond donors (Lipinski definition) is 1. The first-order valence-corrected chi connectivity index (χ1v) is 8.04. The molecule has 0 bridgehead atoms. The molecule has 2 rings (SSSR count). The van der Waals surface area contributed by atoms with Gasteiger partial charge in [0.15, 0.2) is 0 Å². The number of aromatic nitrogens is 2. The first-order valence-electron chi connectivity index (χ1n) is 8.04. The molecule has 6 nitrogen and oxygen atoms in total. The van der Waals surface area contributed by atoms with Crippen LogP contribution in [0.2, 0.25) is 0 Å². The average molecular weight is 365 g/mol. The monoisotopic (exact) mass is 364 g/mol. The Morgan fingerprint density at radius 1 is 1.12 bits per heavy atom. The Labute approximate surface area is 154 Å². The van der Waals surface area contributed by atoms with Crippen LogP contribution in [0.25, 0.3) is 0 Å². The molecule has 2 aromatic heterocycles. The van der Waals surface area contributed by atoms with E-state index in [1.165, 1.54) is 7.11 Å². The van der Waals surface area contributed by atoms with Crippen LogP contribution in [0, 0.1) is 0 Å². The first kappa shape index (κ1) is 21.0. The zero-order valence-corrected chi connectivity index (χ0v) is 15.2. The lowest BCUT2D eigenvalue weighted by molar-refractivity contribution is -0.142. The fraction of sp³-hybridized carbons (Fsp3) is 0.389. The second kappa shape index (κ2) is 11.5. The van der Waals surface area contributed by atoms with Gasteiger partial charge in [0.2, 0.25) is 0 Å². The van der Waals surface area contributed by atoms with Gasteiger partial charge in [0.1, 0.15) is 6.04 Å². The summed E-state index contributed by atoms with van der Waals surface area (Å²) in [4.78, 5) is 22.4. The average Bonchev–Trinajstić information content (AvgIpc) is 2.62. The largest absolute Gasteiger partial charge is 0.468 e. The molecule has 2 N–H and O–H groups in total. The molecule has 2 heterocycles. The van der Waals surface area contributed by atoms with E-state index in [1.807, 2.05) is 36.4 Å². The molecule has 7 heteroatoms. The number of carbonyl (C=O) groups is 1. The SMILES string of the molecule is COC(=O)[C@@H](N)CCCN(Cc1ccccn1)Cc1ccccn1.Cl. The van der Waals surface area contributed by atoms with Gasteiger partial charge in [-0.15, -0.1) is 12.4 Å². The summed E-state index contributed by atoms with van der Waals surface area (Å²) in [5.74, 6) is -0.365. The second-order valence-corrected chi connectivity index (χ2v) is 5.62. The van der Waals surface area contributed by atoms with Gasteiger partial charge in [0.05, 0.1) is 18.5 Å². The Balaban J connectivity index is 0.00000312. The minimum atomic E-state index is -0.568. The Kier molecular flexibility index (Phi) is 9.69. The van der Waals surface area contributed by atoms with Crippen LogP contribution in [-0.2, 0) is 22.6 Å². The maximum Gasteiger partial charge on any atom is 0.322 e. The number of nitrogens with zero attached hydrogens (tertiary/aromatic N) is 3. The fourth-order valence-corrected chi connectivity index (χ4v) is 2.46. The highest BCUT2D eigenvalue weighted by molar-refractivity contribution is 5.85. The maximum absolute atomic E-state index is 11.4. The standard InChI is InChI=1S/C18H24N4O2.ClH/c1-24-18(23)17(19)9-6-12-22(13-15-7-2-4-10-20-15)14-16-8-3-5-11-21-16;/h2-5,7-8,10-11,17H,6,9,12-14,19H2,1H3;1H/t17-;/m0./s1. The van der Waals surface area contributed by atoms with E-state index in [9.17, 15) is 4.79 Å². The summed E-state index contributed by atoms with van der Waals surface area (Å²) in [6, 6.07) is 11.2. The van der Waals surface area contributed by atoms with Crippen LogP contribution in [0.5, 0.6) is 0 Å². The lowest BCUT2D eigenvalue weighted by Crippen LogP contribution is -2.33. The number of halogens is 1. The van der Waals surface area contributed by atoms with E-state index in [-0.39, 0.29) is 18.4 Å². The zero-order chi connectivity index (χ0) is 17.2. The molecule has 0 saturated heterocycles. The zero-order valence-electron chi connectivity index (χ0n) is 14.4. The van der Waals surface area contributed by atoms with Crippen LogP contribution >= 0.6 is 12.4 Å². The summed E-state index contributed by atoms with van der Waals surface area (Å²) >= 11 is 0. The van der Waals surface area contributed by atoms with Gasteiger partial charge in [-0.3, -0.25) is 19.7 Å². The van der Waals surface area contributed by atoms with E-state index in [2.05, 4.69) is 19.6 Å². The number of carbonyl (C=O) groups excluding carboxylic acids is 1. The smallest absolute Gasteiger partial charge is 0.322 e. The summed E-state index contributed by atoms with van der Waals surface area (Å²) in [7, 11) is 1.36. The molecule has 0 unspecified atom stereocenters.